The second-order valence-electron chi connectivity index (χ2n) is 8.55. The van der Waals surface area contributed by atoms with Crippen LogP contribution in [0.5, 0.6) is 0 Å². The molecule has 1 fully saturated rings. The molecule has 2 atom stereocenters. The maximum absolute atomic E-state index is 13.1. The molecule has 0 radical (unpaired) electrons. The van der Waals surface area contributed by atoms with Gasteiger partial charge in [0.15, 0.2) is 5.69 Å². The fourth-order valence-electron chi connectivity index (χ4n) is 4.20. The number of benzene rings is 2. The molecule has 8 nitrogen and oxygen atoms in total. The summed E-state index contributed by atoms with van der Waals surface area (Å²) in [4.78, 5) is 42.9. The first kappa shape index (κ1) is 26.2. The van der Waals surface area contributed by atoms with Crippen molar-refractivity contribution in [3.05, 3.63) is 79.5 Å². The van der Waals surface area contributed by atoms with Crippen molar-refractivity contribution in [2.75, 3.05) is 13.7 Å². The molecule has 0 saturated heterocycles. The summed E-state index contributed by atoms with van der Waals surface area (Å²) >= 11 is 19.0. The van der Waals surface area contributed by atoms with Crippen LogP contribution in [0.4, 0.5) is 0 Å². The van der Waals surface area contributed by atoms with Gasteiger partial charge in [0.1, 0.15) is 5.69 Å². The number of carboxylic acids is 1. The minimum atomic E-state index is -0.829. The molecule has 1 aliphatic carbocycles. The molecule has 188 valence electrons. The van der Waals surface area contributed by atoms with Gasteiger partial charge in [-0.3, -0.25) is 19.2 Å². The Labute approximate surface area is 221 Å². The topological polar surface area (TPSA) is 102 Å². The van der Waals surface area contributed by atoms with Crippen molar-refractivity contribution in [1.29, 1.82) is 0 Å². The maximum Gasteiger partial charge on any atom is 0.306 e. The minimum Gasteiger partial charge on any atom is -0.481 e. The first-order valence-electron chi connectivity index (χ1n) is 11.1. The number of hydrogen-bond donors (Lipinski definition) is 1. The lowest BCUT2D eigenvalue weighted by molar-refractivity contribution is -0.142. The molecule has 3 aromatic rings. The molecule has 4 rings (SSSR count). The molecule has 1 amide bonds. The summed E-state index contributed by atoms with van der Waals surface area (Å²) in [6, 6.07) is 13.3. The van der Waals surface area contributed by atoms with Crippen molar-refractivity contribution < 1.29 is 19.5 Å². The predicted molar refractivity (Wildman–Crippen MR) is 137 cm³/mol. The summed E-state index contributed by atoms with van der Waals surface area (Å²) in [6.45, 7) is 0.150. The Morgan fingerprint density at radius 2 is 1.78 bits per heavy atom. The summed E-state index contributed by atoms with van der Waals surface area (Å²) in [5, 5.41) is 15.1. The Hall–Kier alpha value is -2.91. The van der Waals surface area contributed by atoms with Gasteiger partial charge in [0.05, 0.1) is 28.3 Å². The molecule has 1 heterocycles. The number of hydroxylamine groups is 2. The Kier molecular flexibility index (Phi) is 8.00. The molecule has 1 aliphatic rings. The Morgan fingerprint density at radius 3 is 2.39 bits per heavy atom. The van der Waals surface area contributed by atoms with Gasteiger partial charge in [0, 0.05) is 23.7 Å². The molecule has 1 aromatic heterocycles. The van der Waals surface area contributed by atoms with Gasteiger partial charge in [-0.2, -0.15) is 5.10 Å². The van der Waals surface area contributed by atoms with E-state index in [1.54, 1.807) is 24.3 Å². The third kappa shape index (κ3) is 5.57. The highest BCUT2D eigenvalue weighted by atomic mass is 35.5. The maximum atomic E-state index is 13.1. The standard InChI is InChI=1S/C25H22Cl3N3O5/c1-30(36-13-14-7-8-16(9-14)25(34)35)24(33)22-21(32)12-20(15-5-3-2-4-6-15)31(29-22)23-18(27)10-17(26)11-19(23)28/h2-6,10-12,14,16H,7-9,13H2,1H3,(H,34,35). The van der Waals surface area contributed by atoms with Crippen molar-refractivity contribution in [2.45, 2.75) is 19.3 Å². The largest absolute Gasteiger partial charge is 0.481 e. The van der Waals surface area contributed by atoms with Crippen LogP contribution in [0.3, 0.4) is 0 Å². The van der Waals surface area contributed by atoms with Crippen molar-refractivity contribution in [1.82, 2.24) is 14.8 Å². The van der Waals surface area contributed by atoms with E-state index in [9.17, 15) is 19.5 Å². The zero-order valence-electron chi connectivity index (χ0n) is 19.2. The summed E-state index contributed by atoms with van der Waals surface area (Å²) in [5.41, 5.74) is 0.275. The summed E-state index contributed by atoms with van der Waals surface area (Å²) in [5.74, 6) is -2.00. The number of carboxylic acid groups (broad SMARTS) is 1. The van der Waals surface area contributed by atoms with Crippen LogP contribution < -0.4 is 5.43 Å². The summed E-state index contributed by atoms with van der Waals surface area (Å²) in [6.07, 6.45) is 1.72. The first-order chi connectivity index (χ1) is 17.2. The summed E-state index contributed by atoms with van der Waals surface area (Å²) < 4.78 is 1.34. The fourth-order valence-corrected chi connectivity index (χ4v) is 5.18. The van der Waals surface area contributed by atoms with Crippen LogP contribution in [-0.2, 0) is 9.63 Å². The van der Waals surface area contributed by atoms with Gasteiger partial charge < -0.3 is 5.11 Å². The quantitative estimate of drug-likeness (QED) is 0.397. The van der Waals surface area contributed by atoms with Gasteiger partial charge in [-0.15, -0.1) is 0 Å². The lowest BCUT2D eigenvalue weighted by Gasteiger charge is -2.20. The zero-order valence-corrected chi connectivity index (χ0v) is 21.4. The van der Waals surface area contributed by atoms with E-state index in [1.807, 2.05) is 6.07 Å². The minimum absolute atomic E-state index is 0.00176. The second-order valence-corrected chi connectivity index (χ2v) is 9.80. The van der Waals surface area contributed by atoms with Gasteiger partial charge in [-0.25, -0.2) is 9.75 Å². The molecule has 0 aliphatic heterocycles. The normalized spacial score (nSPS) is 17.2. The van der Waals surface area contributed by atoms with Crippen molar-refractivity contribution in [3.63, 3.8) is 0 Å². The Bertz CT molecular complexity index is 1340. The molecule has 1 saturated carbocycles. The van der Waals surface area contributed by atoms with Gasteiger partial charge >= 0.3 is 11.9 Å². The highest BCUT2D eigenvalue weighted by Gasteiger charge is 2.31. The van der Waals surface area contributed by atoms with E-state index < -0.39 is 28.9 Å². The van der Waals surface area contributed by atoms with Gasteiger partial charge in [0.25, 0.3) is 0 Å². The van der Waals surface area contributed by atoms with E-state index in [0.717, 1.165) is 5.06 Å². The number of amides is 1. The molecule has 2 unspecified atom stereocenters. The molecular formula is C25H22Cl3N3O5. The molecule has 36 heavy (non-hydrogen) atoms. The number of aromatic nitrogens is 2. The van der Waals surface area contributed by atoms with Crippen LogP contribution in [0.2, 0.25) is 15.1 Å². The highest BCUT2D eigenvalue weighted by Crippen LogP contribution is 2.34. The number of aliphatic carboxylic acids is 1. The highest BCUT2D eigenvalue weighted by molar-refractivity contribution is 6.40. The van der Waals surface area contributed by atoms with E-state index >= 15 is 0 Å². The lowest BCUT2D eigenvalue weighted by atomic mass is 10.1. The van der Waals surface area contributed by atoms with Crippen molar-refractivity contribution >= 4 is 46.7 Å². The lowest BCUT2D eigenvalue weighted by Crippen LogP contribution is -2.34. The Morgan fingerprint density at radius 1 is 1.11 bits per heavy atom. The van der Waals surface area contributed by atoms with Crippen LogP contribution in [0.25, 0.3) is 16.9 Å². The molecule has 2 aromatic carbocycles. The summed E-state index contributed by atoms with van der Waals surface area (Å²) in [7, 11) is 1.38. The number of carbonyl (C=O) groups excluding carboxylic acids is 1. The van der Waals surface area contributed by atoms with Crippen LogP contribution in [0.1, 0.15) is 29.8 Å². The number of carbonyl (C=O) groups is 2. The smallest absolute Gasteiger partial charge is 0.306 e. The zero-order chi connectivity index (χ0) is 26.0. The average molecular weight is 551 g/mol. The third-order valence-electron chi connectivity index (χ3n) is 6.08. The van der Waals surface area contributed by atoms with Crippen LogP contribution >= 0.6 is 34.8 Å². The van der Waals surface area contributed by atoms with E-state index in [-0.39, 0.29) is 28.3 Å². The van der Waals surface area contributed by atoms with Gasteiger partial charge in [-0.1, -0.05) is 65.1 Å². The van der Waals surface area contributed by atoms with E-state index in [4.69, 9.17) is 39.6 Å². The van der Waals surface area contributed by atoms with Gasteiger partial charge in [0.2, 0.25) is 5.43 Å². The average Bonchev–Trinajstić information content (AvgIpc) is 3.32. The number of hydrogen-bond acceptors (Lipinski definition) is 5. The first-order valence-corrected chi connectivity index (χ1v) is 12.3. The van der Waals surface area contributed by atoms with Crippen LogP contribution in [-0.4, -0.2) is 45.5 Å². The second kappa shape index (κ2) is 11.0. The Balaban J connectivity index is 1.68. The predicted octanol–water partition coefficient (Wildman–Crippen LogP) is 5.36. The van der Waals surface area contributed by atoms with Crippen LogP contribution in [0.15, 0.2) is 53.3 Å². The fraction of sp³-hybridized carbons (Fsp3) is 0.280. The number of nitrogens with zero attached hydrogens (tertiary/aromatic N) is 3. The monoisotopic (exact) mass is 549 g/mol. The van der Waals surface area contributed by atoms with Crippen LogP contribution in [0, 0.1) is 11.8 Å². The third-order valence-corrected chi connectivity index (χ3v) is 6.87. The number of halogens is 3. The molecule has 1 N–H and O–H groups in total. The van der Waals surface area contributed by atoms with Crippen molar-refractivity contribution in [2.24, 2.45) is 11.8 Å². The number of rotatable bonds is 7. The molecule has 0 bridgehead atoms. The molecule has 11 heteroatoms. The molecular weight excluding hydrogens is 529 g/mol. The van der Waals surface area contributed by atoms with E-state index in [2.05, 4.69) is 5.10 Å². The molecule has 0 spiro atoms. The SMILES string of the molecule is CN(OCC1CCC(C(=O)O)C1)C(=O)c1nn(-c2c(Cl)cc(Cl)cc2Cl)c(-c2ccccc2)cc1=O. The van der Waals surface area contributed by atoms with Crippen molar-refractivity contribution in [3.8, 4) is 16.9 Å². The van der Waals surface area contributed by atoms with E-state index in [1.165, 1.54) is 29.9 Å². The van der Waals surface area contributed by atoms with E-state index in [0.29, 0.717) is 35.5 Å². The van der Waals surface area contributed by atoms with Gasteiger partial charge in [-0.05, 0) is 37.3 Å².